The topological polar surface area (TPSA) is 52.9 Å². The highest BCUT2D eigenvalue weighted by molar-refractivity contribution is 7.16. The van der Waals surface area contributed by atoms with Crippen LogP contribution in [0.15, 0.2) is 0 Å². The predicted octanol–water partition coefficient (Wildman–Crippen LogP) is 5.43. The standard InChI is InChI=1S/C20H28N2OS/c1-2-3-6-14-9-11-15(12-10-14)19(23)22-20-17(13-21)16-7-4-5-8-18(16)24-20/h14-15H,2-12H2,1H3,(H,22,23). The van der Waals surface area contributed by atoms with Gasteiger partial charge in [0.25, 0.3) is 0 Å². The quantitative estimate of drug-likeness (QED) is 0.774. The second-order valence-electron chi connectivity index (χ2n) is 7.38. The number of thiophene rings is 1. The Kier molecular flexibility index (Phi) is 5.94. The minimum absolute atomic E-state index is 0.133. The molecule has 1 amide bonds. The highest BCUT2D eigenvalue weighted by Crippen LogP contribution is 2.39. The Hall–Kier alpha value is -1.34. The van der Waals surface area contributed by atoms with Crippen LogP contribution in [0.3, 0.4) is 0 Å². The molecule has 130 valence electrons. The molecule has 1 fully saturated rings. The first-order chi connectivity index (χ1) is 11.7. The van der Waals surface area contributed by atoms with Crippen molar-refractivity contribution in [1.29, 1.82) is 5.26 Å². The van der Waals surface area contributed by atoms with Gasteiger partial charge in [0.1, 0.15) is 11.1 Å². The molecule has 1 heterocycles. The minimum Gasteiger partial charge on any atom is -0.316 e. The van der Waals surface area contributed by atoms with Crippen molar-refractivity contribution >= 4 is 22.2 Å². The summed E-state index contributed by atoms with van der Waals surface area (Å²) in [5, 5.41) is 13.4. The van der Waals surface area contributed by atoms with E-state index >= 15 is 0 Å². The van der Waals surface area contributed by atoms with Crippen LogP contribution in [-0.4, -0.2) is 5.91 Å². The first-order valence-electron chi connectivity index (χ1n) is 9.58. The summed E-state index contributed by atoms with van der Waals surface area (Å²) in [6.07, 6.45) is 12.7. The zero-order valence-corrected chi connectivity index (χ0v) is 15.5. The third-order valence-electron chi connectivity index (χ3n) is 5.70. The maximum absolute atomic E-state index is 12.7. The van der Waals surface area contributed by atoms with Crippen LogP contribution in [-0.2, 0) is 17.6 Å². The third kappa shape index (κ3) is 3.83. The van der Waals surface area contributed by atoms with Gasteiger partial charge in [-0.1, -0.05) is 26.2 Å². The van der Waals surface area contributed by atoms with Crippen molar-refractivity contribution in [3.8, 4) is 6.07 Å². The monoisotopic (exact) mass is 344 g/mol. The van der Waals surface area contributed by atoms with Gasteiger partial charge in [0.15, 0.2) is 0 Å². The van der Waals surface area contributed by atoms with Gasteiger partial charge in [-0.25, -0.2) is 0 Å². The van der Waals surface area contributed by atoms with E-state index in [1.807, 2.05) is 0 Å². The highest BCUT2D eigenvalue weighted by atomic mass is 32.1. The summed E-state index contributed by atoms with van der Waals surface area (Å²) >= 11 is 1.64. The average Bonchev–Trinajstić information content (AvgIpc) is 2.97. The molecule has 2 aliphatic carbocycles. The Morgan fingerprint density at radius 2 is 2.00 bits per heavy atom. The lowest BCUT2D eigenvalue weighted by Crippen LogP contribution is -2.27. The minimum atomic E-state index is 0.133. The fourth-order valence-corrected chi connectivity index (χ4v) is 5.43. The van der Waals surface area contributed by atoms with Crippen LogP contribution >= 0.6 is 11.3 Å². The molecular formula is C20H28N2OS. The van der Waals surface area contributed by atoms with Crippen molar-refractivity contribution in [3.05, 3.63) is 16.0 Å². The maximum atomic E-state index is 12.7. The number of hydrogen-bond acceptors (Lipinski definition) is 3. The first kappa shape index (κ1) is 17.5. The van der Waals surface area contributed by atoms with Crippen LogP contribution in [0.1, 0.15) is 80.7 Å². The van der Waals surface area contributed by atoms with E-state index in [2.05, 4.69) is 18.3 Å². The van der Waals surface area contributed by atoms with Crippen molar-refractivity contribution in [2.24, 2.45) is 11.8 Å². The van der Waals surface area contributed by atoms with E-state index in [0.717, 1.165) is 48.6 Å². The number of carbonyl (C=O) groups excluding carboxylic acids is 1. The summed E-state index contributed by atoms with van der Waals surface area (Å²) in [6, 6.07) is 2.34. The van der Waals surface area contributed by atoms with Crippen LogP contribution < -0.4 is 5.32 Å². The van der Waals surface area contributed by atoms with Crippen molar-refractivity contribution in [2.45, 2.75) is 77.6 Å². The number of nitrogens with one attached hydrogen (secondary N) is 1. The Bertz CT molecular complexity index is 620. The zero-order valence-electron chi connectivity index (χ0n) is 14.7. The largest absolute Gasteiger partial charge is 0.316 e. The van der Waals surface area contributed by atoms with E-state index in [1.165, 1.54) is 49.0 Å². The lowest BCUT2D eigenvalue weighted by atomic mass is 9.79. The Balaban J connectivity index is 1.60. The summed E-state index contributed by atoms with van der Waals surface area (Å²) in [4.78, 5) is 14.0. The number of amides is 1. The summed E-state index contributed by atoms with van der Waals surface area (Å²) in [6.45, 7) is 2.24. The normalized spacial score (nSPS) is 23.3. The van der Waals surface area contributed by atoms with Gasteiger partial charge in [-0.05, 0) is 62.8 Å². The zero-order chi connectivity index (χ0) is 16.9. The lowest BCUT2D eigenvalue weighted by molar-refractivity contribution is -0.121. The molecule has 1 aromatic heterocycles. The number of anilines is 1. The lowest BCUT2D eigenvalue weighted by Gasteiger charge is -2.27. The second kappa shape index (κ2) is 8.16. The fraction of sp³-hybridized carbons (Fsp3) is 0.700. The van der Waals surface area contributed by atoms with Crippen molar-refractivity contribution in [3.63, 3.8) is 0 Å². The SMILES string of the molecule is CCCCC1CCC(C(=O)Nc2sc3c(c2C#N)CCCC3)CC1. The van der Waals surface area contributed by atoms with Crippen molar-refractivity contribution < 1.29 is 4.79 Å². The van der Waals surface area contributed by atoms with Gasteiger partial charge in [0.2, 0.25) is 5.91 Å². The molecule has 1 saturated carbocycles. The van der Waals surface area contributed by atoms with E-state index in [9.17, 15) is 10.1 Å². The molecular weight excluding hydrogens is 316 g/mol. The van der Waals surface area contributed by atoms with Crippen LogP contribution in [0.5, 0.6) is 0 Å². The summed E-state index contributed by atoms with van der Waals surface area (Å²) in [7, 11) is 0. The van der Waals surface area contributed by atoms with Crippen LogP contribution in [0.2, 0.25) is 0 Å². The van der Waals surface area contributed by atoms with E-state index in [0.29, 0.717) is 0 Å². The maximum Gasteiger partial charge on any atom is 0.228 e. The van der Waals surface area contributed by atoms with Gasteiger partial charge in [0, 0.05) is 10.8 Å². The number of carbonyl (C=O) groups is 1. The average molecular weight is 345 g/mol. The number of nitriles is 1. The van der Waals surface area contributed by atoms with Crippen LogP contribution in [0, 0.1) is 23.2 Å². The van der Waals surface area contributed by atoms with E-state index < -0.39 is 0 Å². The van der Waals surface area contributed by atoms with E-state index in [1.54, 1.807) is 11.3 Å². The van der Waals surface area contributed by atoms with Gasteiger partial charge < -0.3 is 5.32 Å². The van der Waals surface area contributed by atoms with E-state index in [-0.39, 0.29) is 11.8 Å². The number of unbranched alkanes of at least 4 members (excludes halogenated alkanes) is 1. The number of aryl methyl sites for hydroxylation is 1. The second-order valence-corrected chi connectivity index (χ2v) is 8.48. The molecule has 0 aliphatic heterocycles. The molecule has 0 radical (unpaired) electrons. The van der Waals surface area contributed by atoms with Crippen LogP contribution in [0.25, 0.3) is 0 Å². The Morgan fingerprint density at radius 1 is 1.25 bits per heavy atom. The fourth-order valence-electron chi connectivity index (χ4n) is 4.19. The molecule has 0 saturated heterocycles. The van der Waals surface area contributed by atoms with Gasteiger partial charge in [-0.3, -0.25) is 4.79 Å². The Morgan fingerprint density at radius 3 is 2.71 bits per heavy atom. The Labute approximate surface area is 149 Å². The first-order valence-corrected chi connectivity index (χ1v) is 10.4. The molecule has 0 aromatic carbocycles. The number of nitrogens with zero attached hydrogens (tertiary/aromatic N) is 1. The molecule has 1 N–H and O–H groups in total. The number of fused-ring (bicyclic) bond motifs is 1. The van der Waals surface area contributed by atoms with Crippen molar-refractivity contribution in [1.82, 2.24) is 0 Å². The van der Waals surface area contributed by atoms with Gasteiger partial charge >= 0.3 is 0 Å². The van der Waals surface area contributed by atoms with Gasteiger partial charge in [-0.2, -0.15) is 5.26 Å². The highest BCUT2D eigenvalue weighted by Gasteiger charge is 2.28. The molecule has 0 atom stereocenters. The molecule has 0 bridgehead atoms. The molecule has 4 heteroatoms. The molecule has 0 unspecified atom stereocenters. The van der Waals surface area contributed by atoms with Crippen molar-refractivity contribution in [2.75, 3.05) is 5.32 Å². The smallest absolute Gasteiger partial charge is 0.228 e. The summed E-state index contributed by atoms with van der Waals surface area (Å²) in [5.74, 6) is 1.09. The predicted molar refractivity (Wildman–Crippen MR) is 99.3 cm³/mol. The number of rotatable bonds is 5. The van der Waals surface area contributed by atoms with Crippen LogP contribution in [0.4, 0.5) is 5.00 Å². The molecule has 3 rings (SSSR count). The molecule has 2 aliphatic rings. The third-order valence-corrected chi connectivity index (χ3v) is 6.91. The molecule has 0 spiro atoms. The molecule has 3 nitrogen and oxygen atoms in total. The van der Waals surface area contributed by atoms with Gasteiger partial charge in [0.05, 0.1) is 5.56 Å². The number of hydrogen-bond donors (Lipinski definition) is 1. The molecule has 24 heavy (non-hydrogen) atoms. The van der Waals surface area contributed by atoms with E-state index in [4.69, 9.17) is 0 Å². The molecule has 1 aromatic rings. The van der Waals surface area contributed by atoms with Gasteiger partial charge in [-0.15, -0.1) is 11.3 Å². The summed E-state index contributed by atoms with van der Waals surface area (Å²) in [5.41, 5.74) is 1.94. The summed E-state index contributed by atoms with van der Waals surface area (Å²) < 4.78 is 0.